The van der Waals surface area contributed by atoms with Crippen molar-refractivity contribution in [3.8, 4) is 0 Å². The first kappa shape index (κ1) is 30.7. The monoisotopic (exact) mass is 542 g/mol. The Morgan fingerprint density at radius 3 is 2.24 bits per heavy atom. The molecule has 0 N–H and O–H groups in total. The zero-order chi connectivity index (χ0) is 27.0. The predicted octanol–water partition coefficient (Wildman–Crippen LogP) is 11.7. The van der Waals surface area contributed by atoms with Gasteiger partial charge in [0.2, 0.25) is 0 Å². The number of hydrogen-bond acceptors (Lipinski definition) is 2. The maximum atomic E-state index is 12.7. The molecule has 2 heteroatoms. The minimum atomic E-state index is 0.418. The Hall–Kier alpha value is -0.240. The van der Waals surface area contributed by atoms with Crippen molar-refractivity contribution in [1.29, 1.82) is 0 Å². The highest BCUT2D eigenvalue weighted by molar-refractivity contribution is 8.14. The highest BCUT2D eigenvalue weighted by atomic mass is 32.2. The number of carbonyl (C=O) groups excluding carboxylic acids is 1. The van der Waals surface area contributed by atoms with E-state index in [1.54, 1.807) is 17.3 Å². The lowest BCUT2D eigenvalue weighted by Crippen LogP contribution is -2.50. The topological polar surface area (TPSA) is 17.1 Å². The van der Waals surface area contributed by atoms with E-state index in [2.05, 4.69) is 33.8 Å². The van der Waals surface area contributed by atoms with E-state index in [9.17, 15) is 4.79 Å². The summed E-state index contributed by atoms with van der Waals surface area (Å²) < 4.78 is 0. The van der Waals surface area contributed by atoms with E-state index in [0.29, 0.717) is 21.2 Å². The largest absolute Gasteiger partial charge is 0.287 e. The molecule has 4 unspecified atom stereocenters. The van der Waals surface area contributed by atoms with Crippen molar-refractivity contribution < 1.29 is 4.79 Å². The summed E-state index contributed by atoms with van der Waals surface area (Å²) in [6, 6.07) is 0. The number of fused-ring (bicyclic) bond motifs is 5. The van der Waals surface area contributed by atoms with E-state index in [-0.39, 0.29) is 0 Å². The molecule has 0 saturated heterocycles. The zero-order valence-corrected chi connectivity index (χ0v) is 26.7. The number of allylic oxidation sites excluding steroid dienone is 2. The summed E-state index contributed by atoms with van der Waals surface area (Å²) in [5.74, 6) is 3.78. The second-order valence-electron chi connectivity index (χ2n) is 14.5. The molecule has 0 heterocycles. The third-order valence-corrected chi connectivity index (χ3v) is 13.4. The number of thioether (sulfide) groups is 1. The fourth-order valence-corrected chi connectivity index (χ4v) is 10.9. The summed E-state index contributed by atoms with van der Waals surface area (Å²) in [5.41, 5.74) is 2.78. The molecule has 4 aliphatic carbocycles. The number of hydrogen-bond donors (Lipinski definition) is 0. The van der Waals surface area contributed by atoms with Crippen molar-refractivity contribution in [1.82, 2.24) is 0 Å². The quantitative estimate of drug-likeness (QED) is 0.151. The SMILES string of the molecule is CCCCCCCCC(=O)S[C@H]1CC[C@@]2(C)C(=CCC3C4CCC(CCCCCCCC)[C@@]4(C)CCC32)C1. The minimum Gasteiger partial charge on any atom is -0.287 e. The maximum Gasteiger partial charge on any atom is 0.189 e. The molecule has 4 aliphatic rings. The molecule has 3 saturated carbocycles. The summed E-state index contributed by atoms with van der Waals surface area (Å²) >= 11 is 1.72. The van der Waals surface area contributed by atoms with Gasteiger partial charge in [-0.1, -0.05) is 122 Å². The van der Waals surface area contributed by atoms with E-state index in [1.807, 2.05) is 0 Å². The van der Waals surface area contributed by atoms with Crippen LogP contribution in [0, 0.1) is 34.5 Å². The fourth-order valence-electron chi connectivity index (χ4n) is 9.78. The summed E-state index contributed by atoms with van der Waals surface area (Å²) in [6.45, 7) is 9.95. The van der Waals surface area contributed by atoms with Crippen LogP contribution >= 0.6 is 11.8 Å². The number of rotatable bonds is 15. The van der Waals surface area contributed by atoms with Gasteiger partial charge in [-0.3, -0.25) is 4.79 Å². The van der Waals surface area contributed by atoms with Crippen LogP contribution in [0.3, 0.4) is 0 Å². The molecule has 218 valence electrons. The Labute approximate surface area is 241 Å². The lowest BCUT2D eigenvalue weighted by Gasteiger charge is -2.58. The molecule has 4 rings (SSSR count). The number of unbranched alkanes of at least 4 members (excludes halogenated alkanes) is 10. The Morgan fingerprint density at radius 1 is 0.816 bits per heavy atom. The molecule has 1 nitrogen and oxygen atoms in total. The second kappa shape index (κ2) is 14.6. The Bertz CT molecular complexity index is 771. The smallest absolute Gasteiger partial charge is 0.189 e. The molecular weight excluding hydrogens is 480 g/mol. The summed E-state index contributed by atoms with van der Waals surface area (Å²) in [7, 11) is 0. The molecular formula is C36H62OS. The van der Waals surface area contributed by atoms with Gasteiger partial charge in [0.1, 0.15) is 0 Å². The molecule has 0 amide bonds. The lowest BCUT2D eigenvalue weighted by atomic mass is 9.47. The van der Waals surface area contributed by atoms with Crippen LogP contribution in [0.1, 0.15) is 169 Å². The molecule has 0 spiro atoms. The third kappa shape index (κ3) is 7.15. The van der Waals surface area contributed by atoms with Gasteiger partial charge in [0.05, 0.1) is 0 Å². The zero-order valence-electron chi connectivity index (χ0n) is 25.8. The standard InChI is InChI=1S/C36H62OS/c1-5-7-9-11-13-15-17-28-20-22-32-31-21-19-29-27-30(38-34(37)18-16-14-12-10-8-6-2)23-25-36(29,4)33(31)24-26-35(28,32)3/h19,28,30-33H,5-18,20-27H2,1-4H3/t28?,30-,31?,32?,33?,35+,36-/m0/s1. The first-order valence-corrected chi connectivity index (χ1v) is 18.2. The van der Waals surface area contributed by atoms with Crippen LogP contribution in [0.5, 0.6) is 0 Å². The van der Waals surface area contributed by atoms with Crippen molar-refractivity contribution in [3.63, 3.8) is 0 Å². The minimum absolute atomic E-state index is 0.418. The van der Waals surface area contributed by atoms with Crippen LogP contribution in [-0.2, 0) is 4.79 Å². The van der Waals surface area contributed by atoms with Crippen LogP contribution in [-0.4, -0.2) is 10.4 Å². The van der Waals surface area contributed by atoms with E-state index in [0.717, 1.165) is 36.5 Å². The second-order valence-corrected chi connectivity index (χ2v) is 15.9. The van der Waals surface area contributed by atoms with Gasteiger partial charge < -0.3 is 0 Å². The lowest BCUT2D eigenvalue weighted by molar-refractivity contribution is -0.111. The van der Waals surface area contributed by atoms with E-state index in [1.165, 1.54) is 128 Å². The first-order valence-electron chi connectivity index (χ1n) is 17.3. The molecule has 3 fully saturated rings. The van der Waals surface area contributed by atoms with Crippen molar-refractivity contribution in [2.75, 3.05) is 0 Å². The maximum absolute atomic E-state index is 12.7. The predicted molar refractivity (Wildman–Crippen MR) is 168 cm³/mol. The van der Waals surface area contributed by atoms with Gasteiger partial charge in [0.15, 0.2) is 5.12 Å². The Morgan fingerprint density at radius 2 is 1.50 bits per heavy atom. The van der Waals surface area contributed by atoms with E-state index in [4.69, 9.17) is 0 Å². The van der Waals surface area contributed by atoms with E-state index < -0.39 is 0 Å². The summed E-state index contributed by atoms with van der Waals surface area (Å²) in [4.78, 5) is 12.7. The van der Waals surface area contributed by atoms with Crippen LogP contribution in [0.4, 0.5) is 0 Å². The molecule has 0 aromatic carbocycles. The Balaban J connectivity index is 1.27. The van der Waals surface area contributed by atoms with Gasteiger partial charge >= 0.3 is 0 Å². The molecule has 0 radical (unpaired) electrons. The van der Waals surface area contributed by atoms with Crippen LogP contribution in [0.2, 0.25) is 0 Å². The summed E-state index contributed by atoms with van der Waals surface area (Å²) in [6.07, 6.45) is 32.3. The fraction of sp³-hybridized carbons (Fsp3) is 0.917. The van der Waals surface area contributed by atoms with E-state index >= 15 is 0 Å². The van der Waals surface area contributed by atoms with Crippen molar-refractivity contribution in [3.05, 3.63) is 11.6 Å². The van der Waals surface area contributed by atoms with Gasteiger partial charge in [-0.2, -0.15) is 0 Å². The van der Waals surface area contributed by atoms with Gasteiger partial charge in [0.25, 0.3) is 0 Å². The normalized spacial score (nSPS) is 36.3. The molecule has 38 heavy (non-hydrogen) atoms. The van der Waals surface area contributed by atoms with Gasteiger partial charge in [0, 0.05) is 11.7 Å². The van der Waals surface area contributed by atoms with Crippen molar-refractivity contribution >= 4 is 16.9 Å². The van der Waals surface area contributed by atoms with Crippen molar-refractivity contribution in [2.45, 2.75) is 174 Å². The van der Waals surface area contributed by atoms with Crippen LogP contribution in [0.25, 0.3) is 0 Å². The first-order chi connectivity index (χ1) is 18.4. The van der Waals surface area contributed by atoms with Gasteiger partial charge in [-0.05, 0) is 98.7 Å². The highest BCUT2D eigenvalue weighted by Gasteiger charge is 2.58. The molecule has 0 aromatic heterocycles. The summed E-state index contributed by atoms with van der Waals surface area (Å²) in [5, 5.41) is 1.01. The number of carbonyl (C=O) groups is 1. The van der Waals surface area contributed by atoms with Gasteiger partial charge in [-0.15, -0.1) is 0 Å². The highest BCUT2D eigenvalue weighted by Crippen LogP contribution is 2.67. The molecule has 7 atom stereocenters. The van der Waals surface area contributed by atoms with Crippen LogP contribution < -0.4 is 0 Å². The average molecular weight is 543 g/mol. The third-order valence-electron chi connectivity index (χ3n) is 12.2. The Kier molecular flexibility index (Phi) is 11.8. The van der Waals surface area contributed by atoms with Crippen LogP contribution in [0.15, 0.2) is 11.6 Å². The molecule has 0 bridgehead atoms. The molecule has 0 aromatic rings. The average Bonchev–Trinajstić information content (AvgIpc) is 3.24. The van der Waals surface area contributed by atoms with Crippen molar-refractivity contribution in [2.24, 2.45) is 34.5 Å². The molecule has 0 aliphatic heterocycles. The van der Waals surface area contributed by atoms with Gasteiger partial charge in [-0.25, -0.2) is 0 Å².